The van der Waals surface area contributed by atoms with Crippen molar-refractivity contribution in [3.8, 4) is 11.4 Å². The summed E-state index contributed by atoms with van der Waals surface area (Å²) in [5, 5.41) is 12.2. The van der Waals surface area contributed by atoms with Gasteiger partial charge in [-0.3, -0.25) is 0 Å². The van der Waals surface area contributed by atoms with Crippen LogP contribution in [0.4, 0.5) is 0 Å². The number of thioether (sulfide) groups is 1. The minimum Gasteiger partial charge on any atom is -0.382 e. The molecule has 0 saturated carbocycles. The van der Waals surface area contributed by atoms with Crippen LogP contribution in [0.1, 0.15) is 11.1 Å². The zero-order valence-electron chi connectivity index (χ0n) is 14.4. The van der Waals surface area contributed by atoms with E-state index in [0.717, 1.165) is 16.8 Å². The standard InChI is InChI=1S/C17H18N4O3S2/c1-13-8-9-16(14(2)12-13)21-17(18-19-20-21)25-10-11-26(22,23)24-15-6-4-3-5-7-15/h3-9,12H,10-11H2,1-2H3. The van der Waals surface area contributed by atoms with E-state index in [4.69, 9.17) is 4.18 Å². The summed E-state index contributed by atoms with van der Waals surface area (Å²) < 4.78 is 30.8. The second-order valence-electron chi connectivity index (χ2n) is 5.67. The van der Waals surface area contributed by atoms with Crippen molar-refractivity contribution in [3.05, 3.63) is 59.7 Å². The van der Waals surface area contributed by atoms with Crippen LogP contribution in [0.2, 0.25) is 0 Å². The second-order valence-corrected chi connectivity index (χ2v) is 8.42. The van der Waals surface area contributed by atoms with Gasteiger partial charge in [-0.05, 0) is 48.0 Å². The fourth-order valence-electron chi connectivity index (χ4n) is 2.36. The quantitative estimate of drug-likeness (QED) is 0.453. The van der Waals surface area contributed by atoms with E-state index in [0.29, 0.717) is 10.9 Å². The molecule has 0 radical (unpaired) electrons. The van der Waals surface area contributed by atoms with Crippen molar-refractivity contribution in [2.24, 2.45) is 0 Å². The highest BCUT2D eigenvalue weighted by Crippen LogP contribution is 2.22. The topological polar surface area (TPSA) is 87.0 Å². The Morgan fingerprint density at radius 3 is 2.62 bits per heavy atom. The Kier molecular flexibility index (Phi) is 5.58. The molecule has 0 aliphatic rings. The highest BCUT2D eigenvalue weighted by molar-refractivity contribution is 8.00. The van der Waals surface area contributed by atoms with Crippen LogP contribution < -0.4 is 4.18 Å². The zero-order valence-corrected chi connectivity index (χ0v) is 16.0. The molecule has 0 fully saturated rings. The first-order valence-electron chi connectivity index (χ1n) is 7.91. The van der Waals surface area contributed by atoms with Crippen molar-refractivity contribution >= 4 is 21.9 Å². The molecule has 1 aromatic heterocycles. The van der Waals surface area contributed by atoms with Crippen LogP contribution in [-0.4, -0.2) is 40.1 Å². The van der Waals surface area contributed by atoms with Crippen LogP contribution in [0.15, 0.2) is 53.7 Å². The average molecular weight is 390 g/mol. The molecule has 0 amide bonds. The summed E-state index contributed by atoms with van der Waals surface area (Å²) in [6, 6.07) is 14.4. The third-order valence-corrected chi connectivity index (χ3v) is 5.88. The third-order valence-electron chi connectivity index (χ3n) is 3.55. The fraction of sp³-hybridized carbons (Fsp3) is 0.235. The molecule has 3 rings (SSSR count). The van der Waals surface area contributed by atoms with E-state index in [1.807, 2.05) is 32.0 Å². The summed E-state index contributed by atoms with van der Waals surface area (Å²) in [4.78, 5) is 0. The smallest absolute Gasteiger partial charge is 0.310 e. The molecule has 2 aromatic carbocycles. The van der Waals surface area contributed by atoms with Gasteiger partial charge < -0.3 is 4.18 Å². The molecule has 1 heterocycles. The minimum atomic E-state index is -3.68. The number of tetrazole rings is 1. The van der Waals surface area contributed by atoms with Crippen LogP contribution in [0.5, 0.6) is 5.75 Å². The van der Waals surface area contributed by atoms with Gasteiger partial charge in [0.25, 0.3) is 0 Å². The third kappa shape index (κ3) is 4.61. The Balaban J connectivity index is 1.65. The first kappa shape index (κ1) is 18.4. The molecule has 0 bridgehead atoms. The molecule has 0 N–H and O–H groups in total. The van der Waals surface area contributed by atoms with Gasteiger partial charge in [-0.1, -0.05) is 47.7 Å². The highest BCUT2D eigenvalue weighted by Gasteiger charge is 2.16. The van der Waals surface area contributed by atoms with Gasteiger partial charge in [-0.25, -0.2) is 0 Å². The Labute approximate surface area is 156 Å². The lowest BCUT2D eigenvalue weighted by molar-refractivity contribution is 0.488. The van der Waals surface area contributed by atoms with Crippen LogP contribution in [0.25, 0.3) is 5.69 Å². The minimum absolute atomic E-state index is 0.147. The predicted molar refractivity (Wildman–Crippen MR) is 100 cm³/mol. The van der Waals surface area contributed by atoms with Crippen LogP contribution >= 0.6 is 11.8 Å². The van der Waals surface area contributed by atoms with Gasteiger partial charge in [0.2, 0.25) is 5.16 Å². The number of aryl methyl sites for hydroxylation is 2. The van der Waals surface area contributed by atoms with Crippen molar-refractivity contribution in [2.75, 3.05) is 11.5 Å². The van der Waals surface area contributed by atoms with E-state index >= 15 is 0 Å². The maximum Gasteiger partial charge on any atom is 0.310 e. The molecular weight excluding hydrogens is 372 g/mol. The first-order chi connectivity index (χ1) is 12.4. The Bertz CT molecular complexity index is 988. The van der Waals surface area contributed by atoms with E-state index in [1.54, 1.807) is 35.0 Å². The van der Waals surface area contributed by atoms with E-state index in [2.05, 4.69) is 15.5 Å². The second kappa shape index (κ2) is 7.88. The summed E-state index contributed by atoms with van der Waals surface area (Å²) in [5.74, 6) is 0.435. The number of para-hydroxylation sites is 1. The van der Waals surface area contributed by atoms with Crippen molar-refractivity contribution in [1.29, 1.82) is 0 Å². The highest BCUT2D eigenvalue weighted by atomic mass is 32.2. The normalized spacial score (nSPS) is 11.5. The average Bonchev–Trinajstić information content (AvgIpc) is 3.03. The van der Waals surface area contributed by atoms with Crippen molar-refractivity contribution in [3.63, 3.8) is 0 Å². The van der Waals surface area contributed by atoms with E-state index in [9.17, 15) is 8.42 Å². The van der Waals surface area contributed by atoms with Gasteiger partial charge >= 0.3 is 10.1 Å². The Hall–Kier alpha value is -2.39. The van der Waals surface area contributed by atoms with Gasteiger partial charge in [-0.2, -0.15) is 13.1 Å². The maximum absolute atomic E-state index is 12.1. The summed E-state index contributed by atoms with van der Waals surface area (Å²) in [6.07, 6.45) is 0. The van der Waals surface area contributed by atoms with Crippen LogP contribution in [0, 0.1) is 13.8 Å². The lowest BCUT2D eigenvalue weighted by Gasteiger charge is -2.09. The molecule has 7 nitrogen and oxygen atoms in total. The molecule has 0 atom stereocenters. The van der Waals surface area contributed by atoms with Gasteiger partial charge in [0.1, 0.15) is 5.75 Å². The number of rotatable bonds is 7. The van der Waals surface area contributed by atoms with Gasteiger partial charge in [0, 0.05) is 5.75 Å². The van der Waals surface area contributed by atoms with Crippen molar-refractivity contribution in [1.82, 2.24) is 20.2 Å². The monoisotopic (exact) mass is 390 g/mol. The van der Waals surface area contributed by atoms with E-state index in [-0.39, 0.29) is 11.5 Å². The molecule has 3 aromatic rings. The molecule has 0 spiro atoms. The summed E-state index contributed by atoms with van der Waals surface area (Å²) in [7, 11) is -3.68. The van der Waals surface area contributed by atoms with E-state index < -0.39 is 10.1 Å². The van der Waals surface area contributed by atoms with Gasteiger partial charge in [-0.15, -0.1) is 5.10 Å². The molecular formula is C17H18N4O3S2. The van der Waals surface area contributed by atoms with Gasteiger partial charge in [0.05, 0.1) is 11.4 Å². The molecule has 0 unspecified atom stereocenters. The number of aromatic nitrogens is 4. The number of hydrogen-bond donors (Lipinski definition) is 0. The Morgan fingerprint density at radius 2 is 1.88 bits per heavy atom. The van der Waals surface area contributed by atoms with Crippen LogP contribution in [-0.2, 0) is 10.1 Å². The number of hydrogen-bond acceptors (Lipinski definition) is 7. The fourth-order valence-corrected chi connectivity index (χ4v) is 4.53. The SMILES string of the molecule is Cc1ccc(-n2nnnc2SCCS(=O)(=O)Oc2ccccc2)c(C)c1. The first-order valence-corrected chi connectivity index (χ1v) is 10.5. The molecule has 0 saturated heterocycles. The molecule has 26 heavy (non-hydrogen) atoms. The predicted octanol–water partition coefficient (Wildman–Crippen LogP) is 2.78. The molecule has 0 aliphatic carbocycles. The van der Waals surface area contributed by atoms with Crippen molar-refractivity contribution < 1.29 is 12.6 Å². The van der Waals surface area contributed by atoms with E-state index in [1.165, 1.54) is 11.8 Å². The summed E-state index contributed by atoms with van der Waals surface area (Å²) >= 11 is 1.27. The molecule has 9 heteroatoms. The number of nitrogens with zero attached hydrogens (tertiary/aromatic N) is 4. The summed E-state index contributed by atoms with van der Waals surface area (Å²) in [5.41, 5.74) is 3.06. The number of benzene rings is 2. The van der Waals surface area contributed by atoms with Crippen molar-refractivity contribution in [2.45, 2.75) is 19.0 Å². The largest absolute Gasteiger partial charge is 0.382 e. The Morgan fingerprint density at radius 1 is 1.12 bits per heavy atom. The van der Waals surface area contributed by atoms with Crippen LogP contribution in [0.3, 0.4) is 0 Å². The zero-order chi connectivity index (χ0) is 18.6. The van der Waals surface area contributed by atoms with Gasteiger partial charge in [0.15, 0.2) is 0 Å². The lowest BCUT2D eigenvalue weighted by atomic mass is 10.1. The molecule has 0 aliphatic heterocycles. The molecule has 136 valence electrons. The maximum atomic E-state index is 12.1. The lowest BCUT2D eigenvalue weighted by Crippen LogP contribution is -2.15. The summed E-state index contributed by atoms with van der Waals surface area (Å²) in [6.45, 7) is 4.00.